The highest BCUT2D eigenvalue weighted by Crippen LogP contribution is 2.27. The summed E-state index contributed by atoms with van der Waals surface area (Å²) in [5.41, 5.74) is 7.99. The number of hydrogen-bond donors (Lipinski definition) is 1. The van der Waals surface area contributed by atoms with Crippen molar-refractivity contribution in [3.63, 3.8) is 0 Å². The second-order valence-electron chi connectivity index (χ2n) is 4.90. The van der Waals surface area contributed by atoms with Crippen molar-refractivity contribution in [2.75, 3.05) is 11.4 Å². The van der Waals surface area contributed by atoms with Crippen molar-refractivity contribution < 1.29 is 0 Å². The SMILES string of the molecule is CCN(c1cc(CN)cc(C)n1)C1CCCC1. The van der Waals surface area contributed by atoms with E-state index in [9.17, 15) is 0 Å². The number of nitrogens with two attached hydrogens (primary N) is 1. The minimum Gasteiger partial charge on any atom is -0.354 e. The minimum atomic E-state index is 0.596. The lowest BCUT2D eigenvalue weighted by atomic mass is 10.1. The normalized spacial score (nSPS) is 16.4. The highest BCUT2D eigenvalue weighted by molar-refractivity contribution is 5.43. The maximum atomic E-state index is 5.74. The van der Waals surface area contributed by atoms with Crippen molar-refractivity contribution in [1.29, 1.82) is 0 Å². The van der Waals surface area contributed by atoms with Crippen LogP contribution in [0, 0.1) is 6.92 Å². The molecule has 0 saturated heterocycles. The first-order chi connectivity index (χ1) is 8.24. The lowest BCUT2D eigenvalue weighted by molar-refractivity contribution is 0.612. The highest BCUT2D eigenvalue weighted by atomic mass is 15.2. The Kier molecular flexibility index (Phi) is 4.00. The van der Waals surface area contributed by atoms with Crippen molar-refractivity contribution in [2.45, 2.75) is 52.1 Å². The zero-order valence-electron chi connectivity index (χ0n) is 10.9. The molecule has 3 heteroatoms. The molecule has 1 aliphatic rings. The van der Waals surface area contributed by atoms with Gasteiger partial charge in [-0.2, -0.15) is 0 Å². The second kappa shape index (κ2) is 5.50. The summed E-state index contributed by atoms with van der Waals surface area (Å²) in [6.45, 7) is 5.89. The fourth-order valence-electron chi connectivity index (χ4n) is 2.81. The first-order valence-electron chi connectivity index (χ1n) is 6.69. The average molecular weight is 233 g/mol. The molecule has 0 unspecified atom stereocenters. The highest BCUT2D eigenvalue weighted by Gasteiger charge is 2.22. The number of rotatable bonds is 4. The van der Waals surface area contributed by atoms with Crippen LogP contribution in [0.1, 0.15) is 43.9 Å². The molecule has 0 radical (unpaired) electrons. The molecule has 0 amide bonds. The molecular formula is C14H23N3. The third kappa shape index (κ3) is 2.78. The van der Waals surface area contributed by atoms with Gasteiger partial charge in [0.05, 0.1) is 0 Å². The number of hydrogen-bond acceptors (Lipinski definition) is 3. The van der Waals surface area contributed by atoms with Gasteiger partial charge >= 0.3 is 0 Å². The number of nitrogens with zero attached hydrogens (tertiary/aromatic N) is 2. The van der Waals surface area contributed by atoms with Gasteiger partial charge in [0.2, 0.25) is 0 Å². The van der Waals surface area contributed by atoms with Gasteiger partial charge in [-0.15, -0.1) is 0 Å². The zero-order chi connectivity index (χ0) is 12.3. The number of aryl methyl sites for hydroxylation is 1. The quantitative estimate of drug-likeness (QED) is 0.869. The van der Waals surface area contributed by atoms with E-state index in [1.807, 2.05) is 6.92 Å². The van der Waals surface area contributed by atoms with Crippen LogP contribution >= 0.6 is 0 Å². The molecular weight excluding hydrogens is 210 g/mol. The summed E-state index contributed by atoms with van der Waals surface area (Å²) in [7, 11) is 0. The van der Waals surface area contributed by atoms with Crippen LogP contribution in [0.5, 0.6) is 0 Å². The average Bonchev–Trinajstić information content (AvgIpc) is 2.83. The summed E-state index contributed by atoms with van der Waals surface area (Å²) in [5, 5.41) is 0. The molecule has 1 heterocycles. The molecule has 3 nitrogen and oxygen atoms in total. The summed E-state index contributed by atoms with van der Waals surface area (Å²) in [4.78, 5) is 7.11. The van der Waals surface area contributed by atoms with Crippen LogP contribution in [0.4, 0.5) is 5.82 Å². The van der Waals surface area contributed by atoms with Gasteiger partial charge in [0.25, 0.3) is 0 Å². The van der Waals surface area contributed by atoms with Crippen LogP contribution in [0.25, 0.3) is 0 Å². The summed E-state index contributed by atoms with van der Waals surface area (Å²) >= 11 is 0. The van der Waals surface area contributed by atoms with E-state index >= 15 is 0 Å². The van der Waals surface area contributed by atoms with Gasteiger partial charge < -0.3 is 10.6 Å². The van der Waals surface area contributed by atoms with Crippen molar-refractivity contribution in [3.05, 3.63) is 23.4 Å². The second-order valence-corrected chi connectivity index (χ2v) is 4.90. The third-order valence-corrected chi connectivity index (χ3v) is 3.64. The van der Waals surface area contributed by atoms with Crippen molar-refractivity contribution in [3.8, 4) is 0 Å². The fraction of sp³-hybridized carbons (Fsp3) is 0.643. The van der Waals surface area contributed by atoms with E-state index in [0.29, 0.717) is 12.6 Å². The Labute approximate surface area is 104 Å². The molecule has 17 heavy (non-hydrogen) atoms. The minimum absolute atomic E-state index is 0.596. The van der Waals surface area contributed by atoms with E-state index in [4.69, 9.17) is 5.73 Å². The first kappa shape index (κ1) is 12.4. The van der Waals surface area contributed by atoms with Gasteiger partial charge in [-0.25, -0.2) is 4.98 Å². The van der Waals surface area contributed by atoms with Gasteiger partial charge in [0.1, 0.15) is 5.82 Å². The molecule has 2 rings (SSSR count). The Morgan fingerprint density at radius 2 is 2.06 bits per heavy atom. The molecule has 1 saturated carbocycles. The number of anilines is 1. The Balaban J connectivity index is 2.25. The van der Waals surface area contributed by atoms with E-state index in [-0.39, 0.29) is 0 Å². The Bertz CT molecular complexity index is 370. The van der Waals surface area contributed by atoms with E-state index in [2.05, 4.69) is 28.9 Å². The summed E-state index contributed by atoms with van der Waals surface area (Å²) in [6.07, 6.45) is 5.33. The predicted octanol–water partition coefficient (Wildman–Crippen LogP) is 2.62. The Morgan fingerprint density at radius 3 is 2.65 bits per heavy atom. The molecule has 94 valence electrons. The van der Waals surface area contributed by atoms with E-state index < -0.39 is 0 Å². The molecule has 0 atom stereocenters. The first-order valence-corrected chi connectivity index (χ1v) is 6.69. The maximum Gasteiger partial charge on any atom is 0.129 e. The van der Waals surface area contributed by atoms with Gasteiger partial charge in [0.15, 0.2) is 0 Å². The molecule has 0 bridgehead atoms. The summed E-state index contributed by atoms with van der Waals surface area (Å²) in [5.74, 6) is 1.11. The topological polar surface area (TPSA) is 42.1 Å². The Morgan fingerprint density at radius 1 is 1.35 bits per heavy atom. The van der Waals surface area contributed by atoms with Crippen LogP contribution in [0.2, 0.25) is 0 Å². The smallest absolute Gasteiger partial charge is 0.129 e. The van der Waals surface area contributed by atoms with Crippen LogP contribution in [-0.2, 0) is 6.54 Å². The number of aromatic nitrogens is 1. The Hall–Kier alpha value is -1.09. The predicted molar refractivity (Wildman–Crippen MR) is 72.1 cm³/mol. The standard InChI is InChI=1S/C14H23N3/c1-3-17(13-6-4-5-7-13)14-9-12(10-15)8-11(2)16-14/h8-9,13H,3-7,10,15H2,1-2H3. The van der Waals surface area contributed by atoms with E-state index in [1.54, 1.807) is 0 Å². The van der Waals surface area contributed by atoms with Crippen LogP contribution < -0.4 is 10.6 Å². The van der Waals surface area contributed by atoms with Crippen molar-refractivity contribution >= 4 is 5.82 Å². The largest absolute Gasteiger partial charge is 0.354 e. The monoisotopic (exact) mass is 233 g/mol. The van der Waals surface area contributed by atoms with Gasteiger partial charge in [-0.3, -0.25) is 0 Å². The molecule has 0 aromatic carbocycles. The lowest BCUT2D eigenvalue weighted by Crippen LogP contribution is -2.33. The third-order valence-electron chi connectivity index (χ3n) is 3.64. The molecule has 1 fully saturated rings. The van der Waals surface area contributed by atoms with Crippen LogP contribution in [-0.4, -0.2) is 17.6 Å². The van der Waals surface area contributed by atoms with Gasteiger partial charge in [0, 0.05) is 24.8 Å². The van der Waals surface area contributed by atoms with Gasteiger partial charge in [-0.1, -0.05) is 12.8 Å². The molecule has 2 N–H and O–H groups in total. The molecule has 0 aliphatic heterocycles. The van der Waals surface area contributed by atoms with Crippen molar-refractivity contribution in [1.82, 2.24) is 4.98 Å². The van der Waals surface area contributed by atoms with Crippen molar-refractivity contribution in [2.24, 2.45) is 5.73 Å². The summed E-state index contributed by atoms with van der Waals surface area (Å²) in [6, 6.07) is 4.90. The molecule has 1 aliphatic carbocycles. The fourth-order valence-corrected chi connectivity index (χ4v) is 2.81. The van der Waals surface area contributed by atoms with E-state index in [0.717, 1.165) is 18.1 Å². The molecule has 1 aromatic heterocycles. The lowest BCUT2D eigenvalue weighted by Gasteiger charge is -2.29. The molecule has 1 aromatic rings. The molecule has 0 spiro atoms. The van der Waals surface area contributed by atoms with Crippen LogP contribution in [0.3, 0.4) is 0 Å². The maximum absolute atomic E-state index is 5.74. The number of pyridine rings is 1. The van der Waals surface area contributed by atoms with Gasteiger partial charge in [-0.05, 0) is 44.4 Å². The van der Waals surface area contributed by atoms with E-state index in [1.165, 1.54) is 31.2 Å². The summed E-state index contributed by atoms with van der Waals surface area (Å²) < 4.78 is 0. The van der Waals surface area contributed by atoms with Crippen LogP contribution in [0.15, 0.2) is 12.1 Å². The zero-order valence-corrected chi connectivity index (χ0v) is 10.9.